The van der Waals surface area contributed by atoms with Gasteiger partial charge >= 0.3 is 12.1 Å². The largest absolute Gasteiger partial charge is 0.462 e. The highest BCUT2D eigenvalue weighted by Gasteiger charge is 2.12. The van der Waals surface area contributed by atoms with E-state index in [9.17, 15) is 9.59 Å². The Morgan fingerprint density at radius 2 is 1.79 bits per heavy atom. The van der Waals surface area contributed by atoms with Gasteiger partial charge in [-0.1, -0.05) is 12.1 Å². The molecule has 0 fully saturated rings. The van der Waals surface area contributed by atoms with Crippen molar-refractivity contribution in [3.8, 4) is 0 Å². The highest BCUT2D eigenvalue weighted by atomic mass is 16.5. The van der Waals surface area contributed by atoms with E-state index in [-0.39, 0.29) is 6.61 Å². The molecule has 24 heavy (non-hydrogen) atoms. The van der Waals surface area contributed by atoms with Crippen LogP contribution in [0.2, 0.25) is 0 Å². The van der Waals surface area contributed by atoms with Crippen molar-refractivity contribution in [3.05, 3.63) is 48.2 Å². The zero-order valence-electron chi connectivity index (χ0n) is 13.5. The molecule has 0 saturated heterocycles. The van der Waals surface area contributed by atoms with Crippen LogP contribution in [0.15, 0.2) is 42.6 Å². The number of esters is 1. The van der Waals surface area contributed by atoms with Crippen LogP contribution >= 0.6 is 0 Å². The summed E-state index contributed by atoms with van der Waals surface area (Å²) in [6, 6.07) is 10.4. The van der Waals surface area contributed by atoms with Crippen LogP contribution < -0.4 is 10.6 Å². The number of aromatic nitrogens is 1. The molecule has 0 unspecified atom stereocenters. The Bertz CT molecular complexity index is 701. The van der Waals surface area contributed by atoms with Crippen LogP contribution in [0.1, 0.15) is 24.2 Å². The quantitative estimate of drug-likeness (QED) is 0.788. The molecule has 1 aromatic heterocycles. The average molecular weight is 329 g/mol. The van der Waals surface area contributed by atoms with Gasteiger partial charge < -0.3 is 14.8 Å². The molecule has 0 spiro atoms. The molecule has 7 nitrogen and oxygen atoms in total. The van der Waals surface area contributed by atoms with E-state index < -0.39 is 12.1 Å². The van der Waals surface area contributed by atoms with Crippen LogP contribution in [0, 0.1) is 0 Å². The number of para-hydroxylation sites is 1. The van der Waals surface area contributed by atoms with Gasteiger partial charge in [-0.15, -0.1) is 0 Å². The van der Waals surface area contributed by atoms with Crippen molar-refractivity contribution in [3.63, 3.8) is 0 Å². The van der Waals surface area contributed by atoms with E-state index in [1.54, 1.807) is 50.4 Å². The van der Waals surface area contributed by atoms with Gasteiger partial charge in [-0.2, -0.15) is 0 Å². The van der Waals surface area contributed by atoms with E-state index in [1.165, 1.54) is 0 Å². The second kappa shape index (κ2) is 8.52. The molecular formula is C17H19N3O4. The van der Waals surface area contributed by atoms with Crippen molar-refractivity contribution in [1.29, 1.82) is 0 Å². The number of benzene rings is 1. The second-order valence-corrected chi connectivity index (χ2v) is 4.67. The number of pyridine rings is 1. The Morgan fingerprint density at radius 3 is 2.46 bits per heavy atom. The molecule has 2 aromatic rings. The molecular weight excluding hydrogens is 310 g/mol. The van der Waals surface area contributed by atoms with Crippen molar-refractivity contribution in [2.45, 2.75) is 13.8 Å². The van der Waals surface area contributed by atoms with Gasteiger partial charge in [-0.05, 0) is 38.1 Å². The minimum absolute atomic E-state index is 0.288. The molecule has 0 radical (unpaired) electrons. The Kier molecular flexibility index (Phi) is 6.13. The number of rotatable bonds is 6. The zero-order valence-corrected chi connectivity index (χ0v) is 13.5. The van der Waals surface area contributed by atoms with Crippen LogP contribution in [0.5, 0.6) is 0 Å². The highest BCUT2D eigenvalue weighted by molar-refractivity contribution is 5.96. The summed E-state index contributed by atoms with van der Waals surface area (Å²) in [4.78, 5) is 27.4. The molecule has 0 aliphatic heterocycles. The van der Waals surface area contributed by atoms with Gasteiger partial charge in [0.15, 0.2) is 0 Å². The van der Waals surface area contributed by atoms with Gasteiger partial charge in [0.05, 0.1) is 36.3 Å². The number of carbonyl (C=O) groups is 2. The lowest BCUT2D eigenvalue weighted by Gasteiger charge is -2.11. The topological polar surface area (TPSA) is 89.6 Å². The molecule has 0 aliphatic rings. The molecule has 2 N–H and O–H groups in total. The van der Waals surface area contributed by atoms with Gasteiger partial charge in [0.1, 0.15) is 5.82 Å². The summed E-state index contributed by atoms with van der Waals surface area (Å²) >= 11 is 0. The molecule has 1 aromatic carbocycles. The molecule has 1 heterocycles. The van der Waals surface area contributed by atoms with Gasteiger partial charge in [-0.3, -0.25) is 5.32 Å². The number of anilines is 3. The van der Waals surface area contributed by atoms with Crippen molar-refractivity contribution >= 4 is 29.3 Å². The summed E-state index contributed by atoms with van der Waals surface area (Å²) < 4.78 is 9.82. The lowest BCUT2D eigenvalue weighted by atomic mass is 10.1. The fraction of sp³-hybridized carbons (Fsp3) is 0.235. The average Bonchev–Trinajstić information content (AvgIpc) is 2.57. The SMILES string of the molecule is CCOC(=O)Nc1ccc(Nc2ccccc2C(=O)OCC)cn1. The third kappa shape index (κ3) is 4.70. The Hall–Kier alpha value is -3.09. The van der Waals surface area contributed by atoms with Crippen LogP contribution in [-0.2, 0) is 9.47 Å². The first-order chi connectivity index (χ1) is 11.6. The Balaban J connectivity index is 2.09. The normalized spacial score (nSPS) is 9.92. The lowest BCUT2D eigenvalue weighted by molar-refractivity contribution is 0.0527. The molecule has 126 valence electrons. The predicted octanol–water partition coefficient (Wildman–Crippen LogP) is 3.57. The summed E-state index contributed by atoms with van der Waals surface area (Å²) in [5, 5.41) is 5.62. The molecule has 1 amide bonds. The second-order valence-electron chi connectivity index (χ2n) is 4.67. The first-order valence-electron chi connectivity index (χ1n) is 7.57. The lowest BCUT2D eigenvalue weighted by Crippen LogP contribution is -2.14. The summed E-state index contributed by atoms with van der Waals surface area (Å²) in [5.74, 6) is -0.0214. The highest BCUT2D eigenvalue weighted by Crippen LogP contribution is 2.22. The molecule has 0 saturated carbocycles. The van der Waals surface area contributed by atoms with E-state index >= 15 is 0 Å². The Labute approximate surface area is 140 Å². The maximum absolute atomic E-state index is 12.0. The van der Waals surface area contributed by atoms with Gasteiger partial charge in [-0.25, -0.2) is 14.6 Å². The molecule has 0 atom stereocenters. The van der Waals surface area contributed by atoms with E-state index in [0.717, 1.165) is 0 Å². The van der Waals surface area contributed by atoms with Crippen molar-refractivity contribution < 1.29 is 19.1 Å². The van der Waals surface area contributed by atoms with E-state index in [1.807, 2.05) is 6.07 Å². The van der Waals surface area contributed by atoms with Crippen LogP contribution in [0.4, 0.5) is 22.0 Å². The van der Waals surface area contributed by atoms with Gasteiger partial charge in [0, 0.05) is 0 Å². The number of ether oxygens (including phenoxy) is 2. The number of nitrogens with zero attached hydrogens (tertiary/aromatic N) is 1. The smallest absolute Gasteiger partial charge is 0.412 e. The summed E-state index contributed by atoms with van der Waals surface area (Å²) in [6.07, 6.45) is 0.988. The standard InChI is InChI=1S/C17H19N3O4/c1-3-23-16(21)13-7-5-6-8-14(13)19-12-9-10-15(18-11-12)20-17(22)24-4-2/h5-11,19H,3-4H2,1-2H3,(H,18,20,22). The van der Waals surface area contributed by atoms with E-state index in [2.05, 4.69) is 15.6 Å². The zero-order chi connectivity index (χ0) is 17.4. The molecule has 7 heteroatoms. The monoisotopic (exact) mass is 329 g/mol. The number of hydrogen-bond donors (Lipinski definition) is 2. The first-order valence-corrected chi connectivity index (χ1v) is 7.57. The van der Waals surface area contributed by atoms with E-state index in [4.69, 9.17) is 9.47 Å². The fourth-order valence-corrected chi connectivity index (χ4v) is 1.95. The number of nitrogens with one attached hydrogen (secondary N) is 2. The first kappa shape index (κ1) is 17.3. The summed E-state index contributed by atoms with van der Waals surface area (Å²) in [5.41, 5.74) is 1.72. The third-order valence-electron chi connectivity index (χ3n) is 2.97. The van der Waals surface area contributed by atoms with Crippen molar-refractivity contribution in [2.24, 2.45) is 0 Å². The summed E-state index contributed by atoms with van der Waals surface area (Å²) in [7, 11) is 0. The third-order valence-corrected chi connectivity index (χ3v) is 2.97. The number of amides is 1. The van der Waals surface area contributed by atoms with Crippen LogP contribution in [-0.4, -0.2) is 30.3 Å². The van der Waals surface area contributed by atoms with Crippen molar-refractivity contribution in [1.82, 2.24) is 4.98 Å². The predicted molar refractivity (Wildman–Crippen MR) is 90.6 cm³/mol. The number of hydrogen-bond acceptors (Lipinski definition) is 6. The fourth-order valence-electron chi connectivity index (χ4n) is 1.95. The van der Waals surface area contributed by atoms with Gasteiger partial charge in [0.2, 0.25) is 0 Å². The van der Waals surface area contributed by atoms with Crippen LogP contribution in [0.25, 0.3) is 0 Å². The minimum Gasteiger partial charge on any atom is -0.462 e. The molecule has 0 bridgehead atoms. The number of carbonyl (C=O) groups excluding carboxylic acids is 2. The Morgan fingerprint density at radius 1 is 1.04 bits per heavy atom. The van der Waals surface area contributed by atoms with Crippen LogP contribution in [0.3, 0.4) is 0 Å². The maximum atomic E-state index is 12.0. The molecule has 2 rings (SSSR count). The van der Waals surface area contributed by atoms with E-state index in [0.29, 0.717) is 29.4 Å². The maximum Gasteiger partial charge on any atom is 0.412 e. The summed E-state index contributed by atoms with van der Waals surface area (Å²) in [6.45, 7) is 4.08. The van der Waals surface area contributed by atoms with Crippen molar-refractivity contribution in [2.75, 3.05) is 23.8 Å². The molecule has 0 aliphatic carbocycles. The minimum atomic E-state index is -0.557. The van der Waals surface area contributed by atoms with Gasteiger partial charge in [0.25, 0.3) is 0 Å².